The predicted molar refractivity (Wildman–Crippen MR) is 63.3 cm³/mol. The van der Waals surface area contributed by atoms with Gasteiger partial charge in [0.2, 0.25) is 0 Å². The van der Waals surface area contributed by atoms with Gasteiger partial charge in [-0.15, -0.1) is 0 Å². The maximum Gasteiger partial charge on any atom is 0.101 e. The fraction of sp³-hybridized carbons (Fsp3) is 0.417. The SMILES string of the molecule is COCCN(CCC#N)c1cnccc1C#N. The highest BCUT2D eigenvalue weighted by Gasteiger charge is 2.10. The topological polar surface area (TPSA) is 72.9 Å². The summed E-state index contributed by atoms with van der Waals surface area (Å²) in [5.74, 6) is 0. The number of pyridine rings is 1. The molecule has 0 N–H and O–H groups in total. The van der Waals surface area contributed by atoms with E-state index < -0.39 is 0 Å². The van der Waals surface area contributed by atoms with Gasteiger partial charge < -0.3 is 9.64 Å². The fourth-order valence-corrected chi connectivity index (χ4v) is 1.47. The van der Waals surface area contributed by atoms with Gasteiger partial charge in [-0.3, -0.25) is 4.98 Å². The van der Waals surface area contributed by atoms with Crippen LogP contribution in [0.15, 0.2) is 18.5 Å². The van der Waals surface area contributed by atoms with Crippen LogP contribution in [0.2, 0.25) is 0 Å². The van der Waals surface area contributed by atoms with Crippen molar-refractivity contribution >= 4 is 5.69 Å². The number of hydrogen-bond acceptors (Lipinski definition) is 5. The summed E-state index contributed by atoms with van der Waals surface area (Å²) in [6.07, 6.45) is 3.63. The van der Waals surface area contributed by atoms with Gasteiger partial charge in [0.25, 0.3) is 0 Å². The van der Waals surface area contributed by atoms with E-state index in [0.29, 0.717) is 31.7 Å². The number of anilines is 1. The molecule has 88 valence electrons. The van der Waals surface area contributed by atoms with Crippen molar-refractivity contribution in [3.8, 4) is 12.1 Å². The molecule has 1 rings (SSSR count). The van der Waals surface area contributed by atoms with Crippen molar-refractivity contribution in [2.75, 3.05) is 31.7 Å². The van der Waals surface area contributed by atoms with Crippen LogP contribution >= 0.6 is 0 Å². The van der Waals surface area contributed by atoms with Crippen molar-refractivity contribution in [3.63, 3.8) is 0 Å². The first-order valence-electron chi connectivity index (χ1n) is 5.28. The summed E-state index contributed by atoms with van der Waals surface area (Å²) in [7, 11) is 1.62. The molecule has 5 heteroatoms. The lowest BCUT2D eigenvalue weighted by Gasteiger charge is -2.23. The van der Waals surface area contributed by atoms with E-state index in [1.54, 1.807) is 25.6 Å². The molecule has 0 fully saturated rings. The number of rotatable bonds is 6. The van der Waals surface area contributed by atoms with Gasteiger partial charge in [0.05, 0.1) is 36.5 Å². The average molecular weight is 230 g/mol. The van der Waals surface area contributed by atoms with Crippen LogP contribution in [0.1, 0.15) is 12.0 Å². The Morgan fingerprint density at radius 3 is 2.88 bits per heavy atom. The number of methoxy groups -OCH3 is 1. The smallest absolute Gasteiger partial charge is 0.101 e. The van der Waals surface area contributed by atoms with Gasteiger partial charge in [0.1, 0.15) is 6.07 Å². The van der Waals surface area contributed by atoms with E-state index in [0.717, 1.165) is 5.69 Å². The van der Waals surface area contributed by atoms with Crippen LogP contribution in [-0.4, -0.2) is 31.8 Å². The number of hydrogen-bond donors (Lipinski definition) is 0. The molecule has 1 heterocycles. The minimum atomic E-state index is 0.406. The van der Waals surface area contributed by atoms with Crippen LogP contribution in [-0.2, 0) is 4.74 Å². The van der Waals surface area contributed by atoms with E-state index in [4.69, 9.17) is 15.3 Å². The standard InChI is InChI=1S/C12H14N4O/c1-17-8-7-16(6-2-4-13)12-10-15-5-3-11(12)9-14/h3,5,10H,2,6-8H2,1H3. The Morgan fingerprint density at radius 2 is 2.24 bits per heavy atom. The van der Waals surface area contributed by atoms with Gasteiger partial charge in [0, 0.05) is 26.4 Å². The monoisotopic (exact) mass is 230 g/mol. The van der Waals surface area contributed by atoms with Crippen LogP contribution < -0.4 is 4.90 Å². The molecule has 0 aliphatic heterocycles. The Balaban J connectivity index is 2.88. The second-order valence-electron chi connectivity index (χ2n) is 3.39. The first-order valence-corrected chi connectivity index (χ1v) is 5.28. The van der Waals surface area contributed by atoms with E-state index in [9.17, 15) is 0 Å². The summed E-state index contributed by atoms with van der Waals surface area (Å²) in [6.45, 7) is 1.75. The summed E-state index contributed by atoms with van der Waals surface area (Å²) in [4.78, 5) is 5.96. The van der Waals surface area contributed by atoms with E-state index in [-0.39, 0.29) is 0 Å². The second kappa shape index (κ2) is 7.21. The van der Waals surface area contributed by atoms with Crippen molar-refractivity contribution in [2.45, 2.75) is 6.42 Å². The summed E-state index contributed by atoms with van der Waals surface area (Å²) in [5.41, 5.74) is 1.32. The van der Waals surface area contributed by atoms with Crippen LogP contribution in [0.5, 0.6) is 0 Å². The Morgan fingerprint density at radius 1 is 1.41 bits per heavy atom. The Hall–Kier alpha value is -2.11. The fourth-order valence-electron chi connectivity index (χ4n) is 1.47. The largest absolute Gasteiger partial charge is 0.383 e. The Kier molecular flexibility index (Phi) is 5.50. The third kappa shape index (κ3) is 3.75. The predicted octanol–water partition coefficient (Wildman–Crippen LogP) is 1.32. The number of aromatic nitrogens is 1. The molecule has 0 aliphatic rings. The van der Waals surface area contributed by atoms with Crippen molar-refractivity contribution in [2.24, 2.45) is 0 Å². The molecule has 0 aromatic carbocycles. The summed E-state index contributed by atoms with van der Waals surface area (Å²) < 4.78 is 5.02. The van der Waals surface area contributed by atoms with Gasteiger partial charge in [-0.1, -0.05) is 0 Å². The second-order valence-corrected chi connectivity index (χ2v) is 3.39. The maximum absolute atomic E-state index is 9.02. The lowest BCUT2D eigenvalue weighted by molar-refractivity contribution is 0.205. The quantitative estimate of drug-likeness (QED) is 0.736. The molecule has 0 bridgehead atoms. The molecule has 0 amide bonds. The molecular weight excluding hydrogens is 216 g/mol. The van der Waals surface area contributed by atoms with Gasteiger partial charge in [0.15, 0.2) is 0 Å². The van der Waals surface area contributed by atoms with Crippen molar-refractivity contribution in [1.82, 2.24) is 4.98 Å². The third-order valence-corrected chi connectivity index (χ3v) is 2.32. The van der Waals surface area contributed by atoms with E-state index in [1.807, 2.05) is 4.90 Å². The molecule has 17 heavy (non-hydrogen) atoms. The summed E-state index contributed by atoms with van der Waals surface area (Å²) in [6, 6.07) is 5.89. The molecule has 1 aromatic heterocycles. The molecule has 0 saturated carbocycles. The summed E-state index contributed by atoms with van der Waals surface area (Å²) in [5, 5.41) is 17.6. The maximum atomic E-state index is 9.02. The number of nitriles is 2. The van der Waals surface area contributed by atoms with Gasteiger partial charge in [-0.2, -0.15) is 10.5 Å². The minimum absolute atomic E-state index is 0.406. The molecule has 0 unspecified atom stereocenters. The molecule has 0 radical (unpaired) electrons. The summed E-state index contributed by atoms with van der Waals surface area (Å²) >= 11 is 0. The molecule has 1 aromatic rings. The first-order chi connectivity index (χ1) is 8.33. The molecule has 0 aliphatic carbocycles. The Bertz CT molecular complexity index is 433. The van der Waals surface area contributed by atoms with Gasteiger partial charge in [-0.25, -0.2) is 0 Å². The zero-order valence-electron chi connectivity index (χ0n) is 9.76. The molecular formula is C12H14N4O. The molecule has 5 nitrogen and oxygen atoms in total. The molecule has 0 saturated heterocycles. The Labute approximate surface area is 101 Å². The van der Waals surface area contributed by atoms with Crippen LogP contribution in [0.3, 0.4) is 0 Å². The highest BCUT2D eigenvalue weighted by molar-refractivity contribution is 5.57. The normalized spacial score (nSPS) is 9.35. The highest BCUT2D eigenvalue weighted by atomic mass is 16.5. The lowest BCUT2D eigenvalue weighted by atomic mass is 10.2. The van der Waals surface area contributed by atoms with Gasteiger partial charge >= 0.3 is 0 Å². The van der Waals surface area contributed by atoms with Crippen molar-refractivity contribution < 1.29 is 4.74 Å². The molecule has 0 atom stereocenters. The number of ether oxygens (including phenoxy) is 1. The van der Waals surface area contributed by atoms with Crippen molar-refractivity contribution in [1.29, 1.82) is 10.5 Å². The van der Waals surface area contributed by atoms with Crippen LogP contribution in [0.25, 0.3) is 0 Å². The van der Waals surface area contributed by atoms with E-state index in [2.05, 4.69) is 17.1 Å². The van der Waals surface area contributed by atoms with Gasteiger partial charge in [-0.05, 0) is 6.07 Å². The lowest BCUT2D eigenvalue weighted by Crippen LogP contribution is -2.29. The minimum Gasteiger partial charge on any atom is -0.383 e. The van der Waals surface area contributed by atoms with Crippen LogP contribution in [0, 0.1) is 22.7 Å². The third-order valence-electron chi connectivity index (χ3n) is 2.32. The average Bonchev–Trinajstić information content (AvgIpc) is 2.39. The zero-order valence-corrected chi connectivity index (χ0v) is 9.76. The first kappa shape index (κ1) is 13.0. The van der Waals surface area contributed by atoms with Crippen LogP contribution in [0.4, 0.5) is 5.69 Å². The zero-order chi connectivity index (χ0) is 12.5. The van der Waals surface area contributed by atoms with E-state index in [1.165, 1.54) is 0 Å². The van der Waals surface area contributed by atoms with E-state index >= 15 is 0 Å². The van der Waals surface area contributed by atoms with Crippen molar-refractivity contribution in [3.05, 3.63) is 24.0 Å². The molecule has 0 spiro atoms. The number of nitrogens with zero attached hydrogens (tertiary/aromatic N) is 4. The highest BCUT2D eigenvalue weighted by Crippen LogP contribution is 2.18.